The fourth-order valence-electron chi connectivity index (χ4n) is 3.48. The summed E-state index contributed by atoms with van der Waals surface area (Å²) < 4.78 is 4.32. The van der Waals surface area contributed by atoms with E-state index in [1.165, 1.54) is 11.1 Å². The molecule has 0 N–H and O–H groups in total. The molecule has 0 amide bonds. The lowest BCUT2D eigenvalue weighted by atomic mass is 10.1. The smallest absolute Gasteiger partial charge is 0.177 e. The van der Waals surface area contributed by atoms with Gasteiger partial charge in [0.1, 0.15) is 5.65 Å². The second-order valence-electron chi connectivity index (χ2n) is 6.93. The minimum absolute atomic E-state index is 0.677. The van der Waals surface area contributed by atoms with Crippen molar-refractivity contribution in [2.75, 3.05) is 0 Å². The fraction of sp³-hybridized carbons (Fsp3) is 0.136. The molecule has 0 saturated carbocycles. The molecule has 0 spiro atoms. The summed E-state index contributed by atoms with van der Waals surface area (Å²) in [7, 11) is 0. The van der Waals surface area contributed by atoms with Crippen molar-refractivity contribution < 1.29 is 0 Å². The first-order valence-electron chi connectivity index (χ1n) is 8.99. The lowest BCUT2D eigenvalue weighted by Crippen LogP contribution is -2.03. The Balaban J connectivity index is 1.72. The number of benzene rings is 1. The molecule has 1 aromatic carbocycles. The minimum Gasteiger partial charge on any atom is -0.323 e. The molecule has 4 aromatic heterocycles. The van der Waals surface area contributed by atoms with E-state index >= 15 is 0 Å². The van der Waals surface area contributed by atoms with E-state index in [-0.39, 0.29) is 0 Å². The van der Waals surface area contributed by atoms with Crippen LogP contribution in [0.15, 0.2) is 67.3 Å². The maximum atomic E-state index is 4.93. The van der Waals surface area contributed by atoms with Gasteiger partial charge in [-0.15, -0.1) is 0 Å². The molecule has 0 fully saturated rings. The molecule has 5 heteroatoms. The minimum atomic E-state index is 0.677. The van der Waals surface area contributed by atoms with Crippen LogP contribution in [0.3, 0.4) is 0 Å². The lowest BCUT2D eigenvalue weighted by molar-refractivity contribution is 0.789. The molecule has 0 saturated heterocycles. The van der Waals surface area contributed by atoms with Gasteiger partial charge in [-0.1, -0.05) is 35.9 Å². The third-order valence-corrected chi connectivity index (χ3v) is 4.91. The second-order valence-corrected chi connectivity index (χ2v) is 6.93. The van der Waals surface area contributed by atoms with Crippen LogP contribution in [-0.4, -0.2) is 23.9 Å². The number of nitrogens with zero attached hydrogens (tertiary/aromatic N) is 5. The summed E-state index contributed by atoms with van der Waals surface area (Å²) in [6, 6.07) is 16.7. The summed E-state index contributed by atoms with van der Waals surface area (Å²) in [6.07, 6.45) is 5.77. The predicted octanol–water partition coefficient (Wildman–Crippen LogP) is 4.41. The Morgan fingerprint density at radius 2 is 1.70 bits per heavy atom. The van der Waals surface area contributed by atoms with Crippen LogP contribution < -0.4 is 0 Å². The number of hydrogen-bond acceptors (Lipinski definition) is 3. The summed E-state index contributed by atoms with van der Waals surface area (Å²) in [5.41, 5.74) is 8.45. The van der Waals surface area contributed by atoms with Crippen molar-refractivity contribution in [2.45, 2.75) is 20.4 Å². The van der Waals surface area contributed by atoms with E-state index in [0.717, 1.165) is 33.8 Å². The van der Waals surface area contributed by atoms with Gasteiger partial charge in [0.25, 0.3) is 0 Å². The van der Waals surface area contributed by atoms with Crippen molar-refractivity contribution in [2.24, 2.45) is 0 Å². The van der Waals surface area contributed by atoms with Gasteiger partial charge in [-0.2, -0.15) is 0 Å². The van der Waals surface area contributed by atoms with Crippen LogP contribution in [0, 0.1) is 13.8 Å². The predicted molar refractivity (Wildman–Crippen MR) is 107 cm³/mol. The Labute approximate surface area is 157 Å². The highest BCUT2D eigenvalue weighted by Crippen LogP contribution is 2.27. The first kappa shape index (κ1) is 15.8. The molecule has 0 bridgehead atoms. The Hall–Kier alpha value is -3.47. The first-order valence-corrected chi connectivity index (χ1v) is 8.99. The Morgan fingerprint density at radius 1 is 0.889 bits per heavy atom. The van der Waals surface area contributed by atoms with Crippen LogP contribution >= 0.6 is 0 Å². The quantitative estimate of drug-likeness (QED) is 0.483. The zero-order chi connectivity index (χ0) is 18.4. The van der Waals surface area contributed by atoms with Crippen LogP contribution in [0.25, 0.3) is 28.1 Å². The van der Waals surface area contributed by atoms with Gasteiger partial charge in [0, 0.05) is 18.0 Å². The van der Waals surface area contributed by atoms with Crippen molar-refractivity contribution in [3.63, 3.8) is 0 Å². The molecule has 5 rings (SSSR count). The van der Waals surface area contributed by atoms with Gasteiger partial charge in [0.05, 0.1) is 29.8 Å². The summed E-state index contributed by atoms with van der Waals surface area (Å²) >= 11 is 0. The molecule has 5 nitrogen and oxygen atoms in total. The van der Waals surface area contributed by atoms with Gasteiger partial charge in [-0.05, 0) is 37.6 Å². The molecule has 0 aliphatic carbocycles. The normalized spacial score (nSPS) is 11.5. The highest BCUT2D eigenvalue weighted by atomic mass is 15.1. The van der Waals surface area contributed by atoms with Crippen molar-refractivity contribution in [1.29, 1.82) is 0 Å². The van der Waals surface area contributed by atoms with Gasteiger partial charge >= 0.3 is 0 Å². The number of hydrogen-bond donors (Lipinski definition) is 0. The van der Waals surface area contributed by atoms with E-state index in [0.29, 0.717) is 6.54 Å². The van der Waals surface area contributed by atoms with Gasteiger partial charge in [0.15, 0.2) is 5.65 Å². The molecule has 0 unspecified atom stereocenters. The maximum Gasteiger partial charge on any atom is 0.177 e. The van der Waals surface area contributed by atoms with Gasteiger partial charge in [-0.3, -0.25) is 0 Å². The van der Waals surface area contributed by atoms with E-state index in [1.807, 2.05) is 12.4 Å². The topological polar surface area (TPSA) is 48.0 Å². The zero-order valence-electron chi connectivity index (χ0n) is 15.3. The first-order chi connectivity index (χ1) is 13.2. The second kappa shape index (κ2) is 6.06. The molecule has 5 aromatic rings. The van der Waals surface area contributed by atoms with E-state index in [1.54, 1.807) is 6.20 Å². The zero-order valence-corrected chi connectivity index (χ0v) is 15.3. The van der Waals surface area contributed by atoms with Gasteiger partial charge < -0.3 is 8.97 Å². The number of rotatable bonds is 3. The van der Waals surface area contributed by atoms with Crippen LogP contribution in [0.1, 0.15) is 16.8 Å². The summed E-state index contributed by atoms with van der Waals surface area (Å²) in [5, 5.41) is 0. The molecule has 0 aliphatic heterocycles. The van der Waals surface area contributed by atoms with Gasteiger partial charge in [-0.25, -0.2) is 15.0 Å². The third-order valence-electron chi connectivity index (χ3n) is 4.91. The summed E-state index contributed by atoms with van der Waals surface area (Å²) in [4.78, 5) is 13.7. The number of aryl methyl sites for hydroxylation is 2. The summed E-state index contributed by atoms with van der Waals surface area (Å²) in [6.45, 7) is 4.88. The van der Waals surface area contributed by atoms with Crippen molar-refractivity contribution in [1.82, 2.24) is 23.9 Å². The van der Waals surface area contributed by atoms with E-state index in [2.05, 4.69) is 81.4 Å². The largest absolute Gasteiger partial charge is 0.323 e. The van der Waals surface area contributed by atoms with Crippen LogP contribution in [0.4, 0.5) is 0 Å². The van der Waals surface area contributed by atoms with Crippen LogP contribution in [0.5, 0.6) is 0 Å². The monoisotopic (exact) mass is 353 g/mol. The highest BCUT2D eigenvalue weighted by Gasteiger charge is 2.16. The molecule has 27 heavy (non-hydrogen) atoms. The van der Waals surface area contributed by atoms with E-state index in [9.17, 15) is 0 Å². The highest BCUT2D eigenvalue weighted by molar-refractivity contribution is 5.71. The summed E-state index contributed by atoms with van der Waals surface area (Å²) in [5.74, 6) is 0. The molecule has 0 radical (unpaired) electrons. The third kappa shape index (κ3) is 2.68. The fourth-order valence-corrected chi connectivity index (χ4v) is 3.48. The van der Waals surface area contributed by atoms with Crippen LogP contribution in [0.2, 0.25) is 0 Å². The molecule has 132 valence electrons. The van der Waals surface area contributed by atoms with Crippen molar-refractivity contribution in [3.8, 4) is 11.3 Å². The Kier molecular flexibility index (Phi) is 3.53. The lowest BCUT2D eigenvalue weighted by Gasteiger charge is -2.08. The molecule has 0 aliphatic rings. The average Bonchev–Trinajstić information content (AvgIpc) is 3.25. The SMILES string of the molecule is Cc1ccc(-c2nc3ccc(C)cn3c2Cn2cnc3ncccc32)cc1. The average molecular weight is 353 g/mol. The Morgan fingerprint density at radius 3 is 2.56 bits per heavy atom. The molecular weight excluding hydrogens is 334 g/mol. The molecule has 4 heterocycles. The van der Waals surface area contributed by atoms with Gasteiger partial charge in [0.2, 0.25) is 0 Å². The number of aromatic nitrogens is 5. The molecule has 0 atom stereocenters. The van der Waals surface area contributed by atoms with Crippen LogP contribution in [-0.2, 0) is 6.54 Å². The number of imidazole rings is 2. The maximum absolute atomic E-state index is 4.93. The van der Waals surface area contributed by atoms with E-state index in [4.69, 9.17) is 4.98 Å². The van der Waals surface area contributed by atoms with E-state index < -0.39 is 0 Å². The number of fused-ring (bicyclic) bond motifs is 2. The Bertz CT molecular complexity index is 1260. The standard InChI is InChI=1S/C22H19N5/c1-15-5-8-17(9-6-15)21-19(27-12-16(2)7-10-20(27)25-21)13-26-14-24-22-18(26)4-3-11-23-22/h3-12,14H,13H2,1-2H3. The van der Waals surface area contributed by atoms with Crippen molar-refractivity contribution >= 4 is 16.8 Å². The number of pyridine rings is 2. The molecular formula is C22H19N5. The van der Waals surface area contributed by atoms with Crippen molar-refractivity contribution in [3.05, 3.63) is 84.1 Å².